The Kier molecular flexibility index (Phi) is 6.39. The zero-order valence-corrected chi connectivity index (χ0v) is 9.81. The molecule has 0 unspecified atom stereocenters. The second-order valence-electron chi connectivity index (χ2n) is 3.22. The molecule has 0 aromatic rings. The van der Waals surface area contributed by atoms with E-state index in [0.29, 0.717) is 13.0 Å². The summed E-state index contributed by atoms with van der Waals surface area (Å²) < 4.78 is 24.3. The van der Waals surface area contributed by atoms with Gasteiger partial charge in [0.15, 0.2) is 0 Å². The molecule has 0 saturated carbocycles. The first-order valence-corrected chi connectivity index (χ1v) is 6.66. The van der Waals surface area contributed by atoms with E-state index in [2.05, 4.69) is 6.04 Å². The van der Waals surface area contributed by atoms with E-state index in [-0.39, 0.29) is 5.75 Å². The Morgan fingerprint density at radius 2 is 1.86 bits per heavy atom. The van der Waals surface area contributed by atoms with Crippen molar-refractivity contribution in [2.75, 3.05) is 12.3 Å². The highest BCUT2D eigenvalue weighted by molar-refractivity contribution is 7.89. The maximum Gasteiger partial charge on any atom is 0.241 e. The molecule has 0 aliphatic heterocycles. The lowest BCUT2D eigenvalue weighted by atomic mass is 10.3. The Bertz CT molecular complexity index is 277. The number of hydrogen-bond acceptors (Lipinski definition) is 2. The highest BCUT2D eigenvalue weighted by Crippen LogP contribution is 2.05. The quantitative estimate of drug-likeness (QED) is 0.370. The lowest BCUT2D eigenvalue weighted by Crippen LogP contribution is -2.29. The van der Waals surface area contributed by atoms with Crippen molar-refractivity contribution < 1.29 is 8.42 Å². The molecule has 0 amide bonds. The molecule has 0 bridgehead atoms. The fraction of sp³-hybridized carbons (Fsp3) is 0.800. The molecule has 0 fully saturated rings. The van der Waals surface area contributed by atoms with Gasteiger partial charge in [0.2, 0.25) is 10.0 Å². The van der Waals surface area contributed by atoms with E-state index in [0.717, 1.165) is 23.6 Å². The molecule has 0 N–H and O–H groups in total. The fourth-order valence-electron chi connectivity index (χ4n) is 1.13. The lowest BCUT2D eigenvalue weighted by molar-refractivity contribution is 0.506. The van der Waals surface area contributed by atoms with Crippen molar-refractivity contribution in [2.45, 2.75) is 39.5 Å². The van der Waals surface area contributed by atoms with Crippen LogP contribution in [0.1, 0.15) is 39.5 Å². The van der Waals surface area contributed by atoms with Crippen molar-refractivity contribution in [2.24, 2.45) is 0 Å². The maximum absolute atomic E-state index is 11.6. The van der Waals surface area contributed by atoms with Gasteiger partial charge in [0.25, 0.3) is 0 Å². The van der Waals surface area contributed by atoms with Crippen LogP contribution in [0.3, 0.4) is 0 Å². The molecule has 0 aromatic carbocycles. The minimum Gasteiger partial charge on any atom is -0.229 e. The second-order valence-corrected chi connectivity index (χ2v) is 5.24. The van der Waals surface area contributed by atoms with Gasteiger partial charge >= 0.3 is 0 Å². The molecule has 0 rings (SSSR count). The number of terminal acetylenes is 1. The molecule has 0 aliphatic carbocycles. The summed E-state index contributed by atoms with van der Waals surface area (Å²) >= 11 is 0. The standard InChI is InChI=1S/C10H19NO2S/c1-4-7-8-10-14(12,13)11(6-3)9-5-2/h3H,4-5,7-10H2,1-2H3. The van der Waals surface area contributed by atoms with Crippen molar-refractivity contribution in [3.05, 3.63) is 0 Å². The molecule has 14 heavy (non-hydrogen) atoms. The summed E-state index contributed by atoms with van der Waals surface area (Å²) in [6.45, 7) is 4.37. The molecular weight excluding hydrogens is 198 g/mol. The predicted molar refractivity (Wildman–Crippen MR) is 59.1 cm³/mol. The van der Waals surface area contributed by atoms with Crippen molar-refractivity contribution >= 4 is 10.0 Å². The van der Waals surface area contributed by atoms with E-state index < -0.39 is 10.0 Å². The average molecular weight is 217 g/mol. The Balaban J connectivity index is 4.22. The molecule has 4 heteroatoms. The maximum atomic E-state index is 11.6. The van der Waals surface area contributed by atoms with Crippen LogP contribution in [-0.2, 0) is 10.0 Å². The van der Waals surface area contributed by atoms with E-state index >= 15 is 0 Å². The van der Waals surface area contributed by atoms with Crippen molar-refractivity contribution in [1.82, 2.24) is 4.31 Å². The van der Waals surface area contributed by atoms with Crippen molar-refractivity contribution in [3.8, 4) is 12.5 Å². The summed E-state index contributed by atoms with van der Waals surface area (Å²) in [5.41, 5.74) is 0. The topological polar surface area (TPSA) is 37.4 Å². The summed E-state index contributed by atoms with van der Waals surface area (Å²) in [5, 5.41) is 0. The fourth-order valence-corrected chi connectivity index (χ4v) is 2.54. The Labute approximate surface area is 87.5 Å². The highest BCUT2D eigenvalue weighted by Gasteiger charge is 2.16. The third-order valence-electron chi connectivity index (χ3n) is 1.91. The van der Waals surface area contributed by atoms with Crippen LogP contribution in [0.5, 0.6) is 0 Å². The van der Waals surface area contributed by atoms with Gasteiger partial charge in [0.1, 0.15) is 0 Å². The second kappa shape index (κ2) is 6.72. The Morgan fingerprint density at radius 1 is 1.21 bits per heavy atom. The molecular formula is C10H19NO2S. The zero-order valence-electron chi connectivity index (χ0n) is 8.99. The lowest BCUT2D eigenvalue weighted by Gasteiger charge is -2.16. The SMILES string of the molecule is C#CN(CCC)S(=O)(=O)CCCCC. The van der Waals surface area contributed by atoms with Gasteiger partial charge < -0.3 is 0 Å². The molecule has 0 saturated heterocycles. The Hall–Kier alpha value is -0.690. The van der Waals surface area contributed by atoms with E-state index in [1.807, 2.05) is 13.8 Å². The van der Waals surface area contributed by atoms with Gasteiger partial charge in [0, 0.05) is 12.6 Å². The van der Waals surface area contributed by atoms with Gasteiger partial charge in [-0.1, -0.05) is 33.1 Å². The molecule has 0 heterocycles. The monoisotopic (exact) mass is 217 g/mol. The number of sulfonamides is 1. The zero-order chi connectivity index (χ0) is 11.0. The Morgan fingerprint density at radius 3 is 2.29 bits per heavy atom. The molecule has 0 atom stereocenters. The first kappa shape index (κ1) is 13.3. The summed E-state index contributed by atoms with van der Waals surface area (Å²) in [4.78, 5) is 0. The van der Waals surface area contributed by atoms with Gasteiger partial charge in [-0.25, -0.2) is 12.7 Å². The van der Waals surface area contributed by atoms with Crippen LogP contribution in [0.15, 0.2) is 0 Å². The van der Waals surface area contributed by atoms with Crippen LogP contribution >= 0.6 is 0 Å². The van der Waals surface area contributed by atoms with E-state index in [1.165, 1.54) is 0 Å². The first-order chi connectivity index (χ1) is 6.58. The largest absolute Gasteiger partial charge is 0.241 e. The summed E-state index contributed by atoms with van der Waals surface area (Å²) in [5.74, 6) is 0.172. The van der Waals surface area contributed by atoms with Gasteiger partial charge in [-0.05, 0) is 12.8 Å². The van der Waals surface area contributed by atoms with Crippen LogP contribution in [0.25, 0.3) is 0 Å². The van der Waals surface area contributed by atoms with Gasteiger partial charge in [-0.3, -0.25) is 0 Å². The van der Waals surface area contributed by atoms with Gasteiger partial charge in [-0.2, -0.15) is 0 Å². The molecule has 3 nitrogen and oxygen atoms in total. The van der Waals surface area contributed by atoms with E-state index in [9.17, 15) is 8.42 Å². The van der Waals surface area contributed by atoms with Crippen LogP contribution in [0.4, 0.5) is 0 Å². The third-order valence-corrected chi connectivity index (χ3v) is 3.68. The van der Waals surface area contributed by atoms with Gasteiger partial charge in [0.05, 0.1) is 5.75 Å². The summed E-state index contributed by atoms with van der Waals surface area (Å²) in [6.07, 6.45) is 8.54. The summed E-state index contributed by atoms with van der Waals surface area (Å²) in [6, 6.07) is 2.22. The molecule has 0 radical (unpaired) electrons. The van der Waals surface area contributed by atoms with Crippen molar-refractivity contribution in [1.29, 1.82) is 0 Å². The minimum absolute atomic E-state index is 0.172. The van der Waals surface area contributed by atoms with E-state index in [4.69, 9.17) is 6.42 Å². The van der Waals surface area contributed by atoms with Crippen LogP contribution in [-0.4, -0.2) is 25.0 Å². The predicted octanol–water partition coefficient (Wildman–Crippen LogP) is 1.81. The van der Waals surface area contributed by atoms with Gasteiger partial charge in [-0.15, -0.1) is 0 Å². The smallest absolute Gasteiger partial charge is 0.229 e. The number of nitrogens with zero attached hydrogens (tertiary/aromatic N) is 1. The molecule has 82 valence electrons. The molecule has 0 aromatic heterocycles. The highest BCUT2D eigenvalue weighted by atomic mass is 32.2. The minimum atomic E-state index is -3.21. The van der Waals surface area contributed by atoms with Crippen molar-refractivity contribution in [3.63, 3.8) is 0 Å². The number of rotatable bonds is 7. The first-order valence-electron chi connectivity index (χ1n) is 5.05. The van der Waals surface area contributed by atoms with Crippen LogP contribution < -0.4 is 0 Å². The molecule has 0 spiro atoms. The van der Waals surface area contributed by atoms with Crippen LogP contribution in [0, 0.1) is 12.5 Å². The van der Waals surface area contributed by atoms with E-state index in [1.54, 1.807) is 0 Å². The molecule has 0 aliphatic rings. The average Bonchev–Trinajstić information content (AvgIpc) is 2.14. The third kappa shape index (κ3) is 4.52. The number of unbranched alkanes of at least 4 members (excludes halogenated alkanes) is 2. The number of hydrogen-bond donors (Lipinski definition) is 0. The van der Waals surface area contributed by atoms with Crippen LogP contribution in [0.2, 0.25) is 0 Å². The summed E-state index contributed by atoms with van der Waals surface area (Å²) in [7, 11) is -3.21. The normalized spacial score (nSPS) is 10.9.